The van der Waals surface area contributed by atoms with Gasteiger partial charge in [0.05, 0.1) is 24.7 Å². The number of hydrogen-bond acceptors (Lipinski definition) is 5. The Hall–Kier alpha value is -2.99. The number of rotatable bonds is 8. The molecule has 6 nitrogen and oxygen atoms in total. The third-order valence-electron chi connectivity index (χ3n) is 6.14. The van der Waals surface area contributed by atoms with Crippen molar-refractivity contribution >= 4 is 10.8 Å². The average molecular weight is 422 g/mol. The van der Waals surface area contributed by atoms with E-state index in [0.717, 1.165) is 79.0 Å². The van der Waals surface area contributed by atoms with Crippen molar-refractivity contribution in [2.75, 3.05) is 27.1 Å². The molecule has 0 fully saturated rings. The third kappa shape index (κ3) is 3.76. The molecule has 0 amide bonds. The Morgan fingerprint density at radius 3 is 2.71 bits per heavy atom. The number of aromatic nitrogens is 1. The van der Waals surface area contributed by atoms with E-state index in [1.807, 2.05) is 6.07 Å². The summed E-state index contributed by atoms with van der Waals surface area (Å²) in [6.45, 7) is 2.63. The molecule has 2 aromatic carbocycles. The molecule has 6 heteroatoms. The molecule has 0 radical (unpaired) electrons. The van der Waals surface area contributed by atoms with Gasteiger partial charge in [0.2, 0.25) is 12.5 Å². The molecule has 5 rings (SSSR count). The third-order valence-corrected chi connectivity index (χ3v) is 6.14. The van der Waals surface area contributed by atoms with Crippen molar-refractivity contribution in [3.05, 3.63) is 42.1 Å². The summed E-state index contributed by atoms with van der Waals surface area (Å²) in [4.78, 5) is 0. The Kier molecular flexibility index (Phi) is 5.55. The van der Waals surface area contributed by atoms with Crippen molar-refractivity contribution in [2.45, 2.75) is 38.6 Å². The fourth-order valence-electron chi connectivity index (χ4n) is 4.48. The van der Waals surface area contributed by atoms with Gasteiger partial charge in [-0.15, -0.1) is 0 Å². The van der Waals surface area contributed by atoms with Gasteiger partial charge in [-0.05, 0) is 54.6 Å². The molecule has 2 aliphatic rings. The molecule has 162 valence electrons. The lowest BCUT2D eigenvalue weighted by Crippen LogP contribution is -2.40. The van der Waals surface area contributed by atoms with Crippen LogP contribution in [0.2, 0.25) is 0 Å². The molecule has 1 aromatic heterocycles. The van der Waals surface area contributed by atoms with Crippen LogP contribution in [0.25, 0.3) is 22.0 Å². The van der Waals surface area contributed by atoms with Crippen LogP contribution in [0, 0.1) is 0 Å². The lowest BCUT2D eigenvalue weighted by molar-refractivity contribution is -0.686. The van der Waals surface area contributed by atoms with Gasteiger partial charge in [0, 0.05) is 12.5 Å². The first-order valence-corrected chi connectivity index (χ1v) is 11.1. The van der Waals surface area contributed by atoms with E-state index in [1.54, 1.807) is 7.11 Å². The van der Waals surface area contributed by atoms with Crippen molar-refractivity contribution in [3.8, 4) is 34.3 Å². The maximum Gasteiger partial charge on any atom is 0.231 e. The van der Waals surface area contributed by atoms with E-state index < -0.39 is 0 Å². The summed E-state index contributed by atoms with van der Waals surface area (Å²) < 4.78 is 25.3. The zero-order valence-corrected chi connectivity index (χ0v) is 18.0. The van der Waals surface area contributed by atoms with E-state index in [-0.39, 0.29) is 0 Å². The van der Waals surface area contributed by atoms with Gasteiger partial charge in [-0.1, -0.05) is 12.8 Å². The number of aryl methyl sites for hydroxylation is 2. The van der Waals surface area contributed by atoms with Gasteiger partial charge in [0.1, 0.15) is 0 Å². The summed E-state index contributed by atoms with van der Waals surface area (Å²) in [5, 5.41) is 2.21. The number of pyridine rings is 1. The van der Waals surface area contributed by atoms with E-state index in [1.165, 1.54) is 16.8 Å². The highest BCUT2D eigenvalue weighted by Crippen LogP contribution is 2.41. The standard InChI is InChI=1S/C25H29N2O4/c1-28-22-7-6-17-12-21-19-14-24-23(30-16-31-24)13-18(19)8-10-27(21)15-20(17)25(22)29-11-5-3-2-4-9-26/h6-7,12-15H,2-5,8-11,16,26H2,1H3/q+1. The van der Waals surface area contributed by atoms with Crippen molar-refractivity contribution in [1.82, 2.24) is 0 Å². The van der Waals surface area contributed by atoms with Gasteiger partial charge in [-0.3, -0.25) is 0 Å². The van der Waals surface area contributed by atoms with E-state index in [4.69, 9.17) is 24.7 Å². The highest BCUT2D eigenvalue weighted by Gasteiger charge is 2.28. The normalized spacial score (nSPS) is 13.7. The predicted octanol–water partition coefficient (Wildman–Crippen LogP) is 3.99. The average Bonchev–Trinajstić information content (AvgIpc) is 3.26. The Balaban J connectivity index is 1.49. The number of unbranched alkanes of at least 4 members (excludes halogenated alkanes) is 3. The Morgan fingerprint density at radius 1 is 1.03 bits per heavy atom. The number of hydrogen-bond donors (Lipinski definition) is 1. The summed E-state index contributed by atoms with van der Waals surface area (Å²) in [6.07, 6.45) is 7.51. The van der Waals surface area contributed by atoms with Crippen LogP contribution in [0.4, 0.5) is 0 Å². The van der Waals surface area contributed by atoms with Gasteiger partial charge in [-0.25, -0.2) is 0 Å². The molecular weight excluding hydrogens is 392 g/mol. The predicted molar refractivity (Wildman–Crippen MR) is 119 cm³/mol. The lowest BCUT2D eigenvalue weighted by atomic mass is 9.95. The van der Waals surface area contributed by atoms with Crippen LogP contribution in [0.1, 0.15) is 31.2 Å². The minimum absolute atomic E-state index is 0.294. The fraction of sp³-hybridized carbons (Fsp3) is 0.400. The van der Waals surface area contributed by atoms with Gasteiger partial charge < -0.3 is 24.7 Å². The number of fused-ring (bicyclic) bond motifs is 5. The molecule has 2 aliphatic heterocycles. The maximum absolute atomic E-state index is 6.24. The molecule has 0 saturated carbocycles. The summed E-state index contributed by atoms with van der Waals surface area (Å²) in [5.74, 6) is 3.26. The van der Waals surface area contributed by atoms with Crippen LogP contribution in [-0.2, 0) is 13.0 Å². The quantitative estimate of drug-likeness (QED) is 0.440. The lowest BCUT2D eigenvalue weighted by Gasteiger charge is -2.18. The summed E-state index contributed by atoms with van der Waals surface area (Å²) in [6, 6.07) is 10.6. The van der Waals surface area contributed by atoms with Gasteiger partial charge in [0.15, 0.2) is 35.7 Å². The number of methoxy groups -OCH3 is 1. The fourth-order valence-corrected chi connectivity index (χ4v) is 4.48. The Bertz CT molecular complexity index is 1110. The van der Waals surface area contributed by atoms with Gasteiger partial charge in [-0.2, -0.15) is 4.57 Å². The largest absolute Gasteiger partial charge is 0.493 e. The van der Waals surface area contributed by atoms with Crippen LogP contribution >= 0.6 is 0 Å². The number of nitrogens with zero attached hydrogens (tertiary/aromatic N) is 1. The highest BCUT2D eigenvalue weighted by atomic mass is 16.7. The van der Waals surface area contributed by atoms with Crippen molar-refractivity contribution < 1.29 is 23.5 Å². The Morgan fingerprint density at radius 2 is 1.87 bits per heavy atom. The molecule has 0 aliphatic carbocycles. The van der Waals surface area contributed by atoms with E-state index >= 15 is 0 Å². The minimum Gasteiger partial charge on any atom is -0.493 e. The monoisotopic (exact) mass is 421 g/mol. The molecule has 2 N–H and O–H groups in total. The highest BCUT2D eigenvalue weighted by molar-refractivity contribution is 5.91. The first-order chi connectivity index (χ1) is 15.3. The number of benzene rings is 2. The van der Waals surface area contributed by atoms with Crippen molar-refractivity contribution in [2.24, 2.45) is 5.73 Å². The maximum atomic E-state index is 6.24. The van der Waals surface area contributed by atoms with Crippen LogP contribution in [0.5, 0.6) is 23.0 Å². The summed E-state index contributed by atoms with van der Waals surface area (Å²) >= 11 is 0. The topological polar surface area (TPSA) is 66.8 Å². The Labute approximate surface area is 182 Å². The molecule has 0 bridgehead atoms. The van der Waals surface area contributed by atoms with Crippen LogP contribution in [0.3, 0.4) is 0 Å². The molecule has 0 atom stereocenters. The van der Waals surface area contributed by atoms with Gasteiger partial charge in [0.25, 0.3) is 0 Å². The molecule has 0 saturated heterocycles. The molecule has 0 spiro atoms. The first-order valence-electron chi connectivity index (χ1n) is 11.1. The summed E-state index contributed by atoms with van der Waals surface area (Å²) in [7, 11) is 1.69. The van der Waals surface area contributed by atoms with Crippen LogP contribution in [0.15, 0.2) is 36.5 Å². The van der Waals surface area contributed by atoms with Crippen molar-refractivity contribution in [1.29, 1.82) is 0 Å². The zero-order chi connectivity index (χ0) is 21.2. The molecule has 31 heavy (non-hydrogen) atoms. The number of nitrogens with two attached hydrogens (primary N) is 1. The van der Waals surface area contributed by atoms with Crippen molar-refractivity contribution in [3.63, 3.8) is 0 Å². The smallest absolute Gasteiger partial charge is 0.231 e. The molecule has 3 heterocycles. The second-order valence-electron chi connectivity index (χ2n) is 8.12. The molecule has 0 unspecified atom stereocenters. The summed E-state index contributed by atoms with van der Waals surface area (Å²) in [5.41, 5.74) is 9.27. The number of ether oxygens (including phenoxy) is 4. The van der Waals surface area contributed by atoms with Crippen LogP contribution < -0.4 is 29.2 Å². The zero-order valence-electron chi connectivity index (χ0n) is 18.0. The first kappa shape index (κ1) is 19.9. The second kappa shape index (κ2) is 8.63. The van der Waals surface area contributed by atoms with Crippen LogP contribution in [-0.4, -0.2) is 27.1 Å². The van der Waals surface area contributed by atoms with E-state index in [2.05, 4.69) is 35.0 Å². The minimum atomic E-state index is 0.294. The van der Waals surface area contributed by atoms with E-state index in [0.29, 0.717) is 13.4 Å². The second-order valence-corrected chi connectivity index (χ2v) is 8.12. The van der Waals surface area contributed by atoms with Gasteiger partial charge >= 0.3 is 0 Å². The molecule has 3 aromatic rings. The SMILES string of the molecule is COc1ccc2cc3[n+](cc2c1OCCCCCCN)CCc1cc2c(cc1-3)OCO2. The molecular formula is C25H29N2O4+. The van der Waals surface area contributed by atoms with E-state index in [9.17, 15) is 0 Å².